The van der Waals surface area contributed by atoms with E-state index < -0.39 is 38.3 Å². The molecule has 0 aliphatic carbocycles. The summed E-state index contributed by atoms with van der Waals surface area (Å²) in [7, 11) is -5.05. The second kappa shape index (κ2) is 5.69. The summed E-state index contributed by atoms with van der Waals surface area (Å²) in [5, 5.41) is 12.6. The van der Waals surface area contributed by atoms with Crippen LogP contribution in [0.3, 0.4) is 0 Å². The van der Waals surface area contributed by atoms with Crippen molar-refractivity contribution in [2.45, 2.75) is 37.3 Å². The summed E-state index contributed by atoms with van der Waals surface area (Å²) in [5.74, 6) is -2.96. The van der Waals surface area contributed by atoms with Gasteiger partial charge < -0.3 is 30.7 Å². The maximum absolute atomic E-state index is 15.0. The highest BCUT2D eigenvalue weighted by Gasteiger charge is 2.65. The van der Waals surface area contributed by atoms with Crippen molar-refractivity contribution in [1.29, 1.82) is 0 Å². The number of phosphoric acid groups is 1. The fourth-order valence-corrected chi connectivity index (χ4v) is 3.03. The standard InChI is InChI=1S/C11H16F2N5O6P/c1-10(12)7(19)11(13,3-23-25(20,21)22)24-8(10)18-4-16-5-2-15-9(14)17-6(5)18/h4,7-8,19H,2-3H2,1H3,(H3,14,15,17)(H2,20,21,22)/t7-,8+,10+,11+/m0/s1. The number of nitrogens with one attached hydrogen (secondary N) is 1. The lowest BCUT2D eigenvalue weighted by Crippen LogP contribution is -2.46. The molecular formula is C11H16F2N5O6P. The van der Waals surface area contributed by atoms with Gasteiger partial charge in [-0.15, -0.1) is 0 Å². The SMILES string of the molecule is C[C@]1(F)[C@H](n2cnc3c2NC(N)=NC3)O[C@](F)(COP(=O)(O)O)[C@H]1O. The van der Waals surface area contributed by atoms with E-state index in [1.807, 2.05) is 0 Å². The Morgan fingerprint density at radius 3 is 2.92 bits per heavy atom. The zero-order chi connectivity index (χ0) is 18.6. The summed E-state index contributed by atoms with van der Waals surface area (Å²) >= 11 is 0. The predicted molar refractivity (Wildman–Crippen MR) is 78.7 cm³/mol. The fraction of sp³-hybridized carbons (Fsp3) is 0.636. The van der Waals surface area contributed by atoms with Crippen molar-refractivity contribution in [3.63, 3.8) is 0 Å². The minimum Gasteiger partial charge on any atom is -0.384 e. The minimum atomic E-state index is -5.05. The van der Waals surface area contributed by atoms with Gasteiger partial charge in [-0.25, -0.2) is 23.3 Å². The molecule has 1 saturated heterocycles. The van der Waals surface area contributed by atoms with Gasteiger partial charge in [-0.2, -0.15) is 0 Å². The molecule has 0 spiro atoms. The maximum Gasteiger partial charge on any atom is 0.469 e. The molecule has 0 radical (unpaired) electrons. The molecule has 140 valence electrons. The molecule has 25 heavy (non-hydrogen) atoms. The van der Waals surface area contributed by atoms with Gasteiger partial charge in [0, 0.05) is 0 Å². The number of ether oxygens (including phenoxy) is 1. The van der Waals surface area contributed by atoms with Crippen molar-refractivity contribution in [2.24, 2.45) is 10.7 Å². The fourth-order valence-electron chi connectivity index (χ4n) is 2.69. The number of aliphatic imine (C=N–C) groups is 1. The van der Waals surface area contributed by atoms with Crippen LogP contribution in [-0.4, -0.2) is 54.6 Å². The van der Waals surface area contributed by atoms with Gasteiger partial charge in [-0.3, -0.25) is 9.09 Å². The molecule has 2 aliphatic heterocycles. The van der Waals surface area contributed by atoms with E-state index in [9.17, 15) is 14.1 Å². The predicted octanol–water partition coefficient (Wildman–Crippen LogP) is -0.484. The Balaban J connectivity index is 1.91. The number of rotatable bonds is 4. The molecule has 3 heterocycles. The third-order valence-corrected chi connectivity index (χ3v) is 4.40. The number of aliphatic hydroxyl groups excluding tert-OH is 1. The number of fused-ring (bicyclic) bond motifs is 1. The first kappa shape index (κ1) is 18.2. The van der Waals surface area contributed by atoms with E-state index in [1.54, 1.807) is 0 Å². The molecule has 0 bridgehead atoms. The summed E-state index contributed by atoms with van der Waals surface area (Å²) in [6.07, 6.45) is -2.94. The maximum atomic E-state index is 15.0. The Morgan fingerprint density at radius 2 is 2.28 bits per heavy atom. The quantitative estimate of drug-likeness (QED) is 0.432. The topological polar surface area (TPSA) is 164 Å². The lowest BCUT2D eigenvalue weighted by atomic mass is 9.97. The number of guanidine groups is 1. The Labute approximate surface area is 139 Å². The van der Waals surface area contributed by atoms with Crippen LogP contribution in [0.25, 0.3) is 0 Å². The first-order valence-corrected chi connectivity index (χ1v) is 8.53. The van der Waals surface area contributed by atoms with Gasteiger partial charge in [0.05, 0.1) is 12.9 Å². The molecule has 1 aromatic heterocycles. The summed E-state index contributed by atoms with van der Waals surface area (Å²) in [4.78, 5) is 25.3. The molecule has 0 amide bonds. The second-order valence-electron chi connectivity index (χ2n) is 5.85. The first-order valence-electron chi connectivity index (χ1n) is 7.00. The van der Waals surface area contributed by atoms with Crippen molar-refractivity contribution in [2.75, 3.05) is 11.9 Å². The molecule has 1 aromatic rings. The number of aromatic nitrogens is 2. The number of alkyl halides is 2. The molecule has 0 unspecified atom stereocenters. The van der Waals surface area contributed by atoms with Gasteiger partial charge in [0.1, 0.15) is 18.1 Å². The highest BCUT2D eigenvalue weighted by molar-refractivity contribution is 7.46. The third-order valence-electron chi connectivity index (χ3n) is 3.93. The normalized spacial score (nSPS) is 35.2. The molecule has 2 aliphatic rings. The zero-order valence-corrected chi connectivity index (χ0v) is 13.7. The summed E-state index contributed by atoms with van der Waals surface area (Å²) in [5.41, 5.74) is 3.27. The van der Waals surface area contributed by atoms with Crippen LogP contribution < -0.4 is 11.1 Å². The van der Waals surface area contributed by atoms with E-state index in [4.69, 9.17) is 20.3 Å². The number of hydrogen-bond acceptors (Lipinski definition) is 8. The van der Waals surface area contributed by atoms with Crippen molar-refractivity contribution in [3.05, 3.63) is 12.0 Å². The average Bonchev–Trinajstić information content (AvgIpc) is 2.98. The van der Waals surface area contributed by atoms with Crippen LogP contribution in [0.5, 0.6) is 0 Å². The Hall–Kier alpha value is -1.63. The van der Waals surface area contributed by atoms with E-state index in [0.29, 0.717) is 5.69 Å². The summed E-state index contributed by atoms with van der Waals surface area (Å²) < 4.78 is 50.6. The van der Waals surface area contributed by atoms with Crippen LogP contribution in [0.15, 0.2) is 11.3 Å². The van der Waals surface area contributed by atoms with E-state index in [1.165, 1.54) is 0 Å². The van der Waals surface area contributed by atoms with Crippen LogP contribution in [0.4, 0.5) is 14.6 Å². The van der Waals surface area contributed by atoms with Crippen LogP contribution in [-0.2, 0) is 20.4 Å². The van der Waals surface area contributed by atoms with Gasteiger partial charge in [0.25, 0.3) is 5.85 Å². The number of halogens is 2. The molecule has 4 atom stereocenters. The van der Waals surface area contributed by atoms with E-state index in [2.05, 4.69) is 19.8 Å². The number of nitrogens with zero attached hydrogens (tertiary/aromatic N) is 3. The van der Waals surface area contributed by atoms with E-state index in [0.717, 1.165) is 17.8 Å². The van der Waals surface area contributed by atoms with Crippen molar-refractivity contribution >= 4 is 19.6 Å². The molecular weight excluding hydrogens is 367 g/mol. The molecule has 0 aromatic carbocycles. The largest absolute Gasteiger partial charge is 0.469 e. The lowest BCUT2D eigenvalue weighted by Gasteiger charge is -2.26. The monoisotopic (exact) mass is 383 g/mol. The number of imidazole rings is 1. The highest BCUT2D eigenvalue weighted by atomic mass is 31.2. The number of hydrogen-bond donors (Lipinski definition) is 5. The van der Waals surface area contributed by atoms with E-state index >= 15 is 4.39 Å². The number of anilines is 1. The zero-order valence-electron chi connectivity index (χ0n) is 12.8. The third kappa shape index (κ3) is 3.14. The van der Waals surface area contributed by atoms with Crippen LogP contribution in [0, 0.1) is 0 Å². The molecule has 3 rings (SSSR count). The van der Waals surface area contributed by atoms with Crippen LogP contribution >= 0.6 is 7.82 Å². The first-order chi connectivity index (χ1) is 11.4. The van der Waals surface area contributed by atoms with Crippen molar-refractivity contribution < 1.29 is 37.5 Å². The van der Waals surface area contributed by atoms with Gasteiger partial charge >= 0.3 is 7.82 Å². The van der Waals surface area contributed by atoms with Gasteiger partial charge in [-0.05, 0) is 6.92 Å². The molecule has 6 N–H and O–H groups in total. The Morgan fingerprint density at radius 1 is 1.60 bits per heavy atom. The van der Waals surface area contributed by atoms with Crippen LogP contribution in [0.1, 0.15) is 18.8 Å². The van der Waals surface area contributed by atoms with Crippen molar-refractivity contribution in [1.82, 2.24) is 9.55 Å². The molecule has 11 nitrogen and oxygen atoms in total. The Kier molecular flexibility index (Phi) is 4.14. The number of nitrogens with two attached hydrogens (primary N) is 1. The van der Waals surface area contributed by atoms with Gasteiger partial charge in [0.2, 0.25) is 0 Å². The summed E-state index contributed by atoms with van der Waals surface area (Å²) in [6.45, 7) is -0.377. The van der Waals surface area contributed by atoms with Crippen LogP contribution in [0.2, 0.25) is 0 Å². The number of aliphatic hydroxyl groups is 1. The smallest absolute Gasteiger partial charge is 0.384 e. The highest BCUT2D eigenvalue weighted by Crippen LogP contribution is 2.50. The lowest BCUT2D eigenvalue weighted by molar-refractivity contribution is -0.204. The molecule has 1 fully saturated rings. The average molecular weight is 383 g/mol. The van der Waals surface area contributed by atoms with E-state index in [-0.39, 0.29) is 18.3 Å². The number of phosphoric ester groups is 1. The Bertz CT molecular complexity index is 766. The second-order valence-corrected chi connectivity index (χ2v) is 7.09. The van der Waals surface area contributed by atoms with Gasteiger partial charge in [-0.1, -0.05) is 0 Å². The van der Waals surface area contributed by atoms with Crippen molar-refractivity contribution in [3.8, 4) is 0 Å². The molecule has 0 saturated carbocycles. The summed E-state index contributed by atoms with van der Waals surface area (Å²) in [6, 6.07) is 0. The minimum absolute atomic E-state index is 0.0321. The van der Waals surface area contributed by atoms with Gasteiger partial charge in [0.15, 0.2) is 24.0 Å². The molecule has 14 heteroatoms.